The average molecular weight is 274 g/mol. The van der Waals surface area contributed by atoms with E-state index in [4.69, 9.17) is 23.2 Å². The molecule has 1 aromatic rings. The molecule has 0 saturated carbocycles. The number of hydrogen-bond donors (Lipinski definition) is 1. The standard InChI is InChI=1S/C14H21Cl2N/c1-4-10(3)9-17-14(5-2)12-7-6-11(15)8-13(12)16/h6-8,10,14,17H,4-5,9H2,1-3H3. The number of nitrogens with one attached hydrogen (secondary N) is 1. The largest absolute Gasteiger partial charge is 0.310 e. The van der Waals surface area contributed by atoms with E-state index in [1.165, 1.54) is 6.42 Å². The SMILES string of the molecule is CCC(C)CNC(CC)c1ccc(Cl)cc1Cl. The molecule has 2 unspecified atom stereocenters. The quantitative estimate of drug-likeness (QED) is 0.762. The third-order valence-corrected chi connectivity index (χ3v) is 3.72. The van der Waals surface area contributed by atoms with Crippen molar-refractivity contribution in [2.75, 3.05) is 6.54 Å². The highest BCUT2D eigenvalue weighted by Gasteiger charge is 2.13. The zero-order valence-corrected chi connectivity index (χ0v) is 12.3. The van der Waals surface area contributed by atoms with Gasteiger partial charge in [-0.25, -0.2) is 0 Å². The molecule has 17 heavy (non-hydrogen) atoms. The Balaban J connectivity index is 2.72. The van der Waals surface area contributed by atoms with Gasteiger partial charge in [-0.05, 0) is 36.6 Å². The summed E-state index contributed by atoms with van der Waals surface area (Å²) in [7, 11) is 0. The molecule has 0 aliphatic carbocycles. The van der Waals surface area contributed by atoms with Crippen molar-refractivity contribution in [3.8, 4) is 0 Å². The van der Waals surface area contributed by atoms with Crippen molar-refractivity contribution in [3.05, 3.63) is 33.8 Å². The fourth-order valence-electron chi connectivity index (χ4n) is 1.75. The Morgan fingerprint density at radius 2 is 1.88 bits per heavy atom. The molecule has 0 spiro atoms. The van der Waals surface area contributed by atoms with Gasteiger partial charge in [-0.3, -0.25) is 0 Å². The fourth-order valence-corrected chi connectivity index (χ4v) is 2.29. The predicted molar refractivity (Wildman–Crippen MR) is 77.0 cm³/mol. The Labute approximate surface area is 115 Å². The van der Waals surface area contributed by atoms with Crippen LogP contribution >= 0.6 is 23.2 Å². The van der Waals surface area contributed by atoms with E-state index in [0.717, 1.165) is 23.6 Å². The summed E-state index contributed by atoms with van der Waals surface area (Å²) >= 11 is 12.1. The molecule has 1 nitrogen and oxygen atoms in total. The van der Waals surface area contributed by atoms with E-state index in [2.05, 4.69) is 26.1 Å². The molecule has 1 rings (SSSR count). The van der Waals surface area contributed by atoms with Crippen molar-refractivity contribution >= 4 is 23.2 Å². The van der Waals surface area contributed by atoms with Crippen LogP contribution in [0.5, 0.6) is 0 Å². The summed E-state index contributed by atoms with van der Waals surface area (Å²) < 4.78 is 0. The van der Waals surface area contributed by atoms with Gasteiger partial charge in [-0.2, -0.15) is 0 Å². The van der Waals surface area contributed by atoms with Crippen LogP contribution in [-0.4, -0.2) is 6.54 Å². The minimum Gasteiger partial charge on any atom is -0.310 e. The summed E-state index contributed by atoms with van der Waals surface area (Å²) in [5.41, 5.74) is 1.14. The molecule has 0 heterocycles. The van der Waals surface area contributed by atoms with Crippen molar-refractivity contribution in [2.45, 2.75) is 39.7 Å². The van der Waals surface area contributed by atoms with E-state index in [-0.39, 0.29) is 0 Å². The van der Waals surface area contributed by atoms with Crippen LogP contribution in [0, 0.1) is 5.92 Å². The molecule has 0 aliphatic heterocycles. The molecule has 0 saturated heterocycles. The van der Waals surface area contributed by atoms with E-state index in [1.54, 1.807) is 0 Å². The average Bonchev–Trinajstić information content (AvgIpc) is 2.31. The van der Waals surface area contributed by atoms with Crippen molar-refractivity contribution in [1.82, 2.24) is 5.32 Å². The Hall–Kier alpha value is -0.240. The number of hydrogen-bond acceptors (Lipinski definition) is 1. The van der Waals surface area contributed by atoms with E-state index in [9.17, 15) is 0 Å². The second-order valence-electron chi connectivity index (χ2n) is 4.55. The highest BCUT2D eigenvalue weighted by atomic mass is 35.5. The second kappa shape index (κ2) is 7.25. The van der Waals surface area contributed by atoms with Crippen LogP contribution in [0.1, 0.15) is 45.2 Å². The van der Waals surface area contributed by atoms with Crippen LogP contribution in [0.2, 0.25) is 10.0 Å². The van der Waals surface area contributed by atoms with Gasteiger partial charge in [0.15, 0.2) is 0 Å². The summed E-state index contributed by atoms with van der Waals surface area (Å²) in [6.45, 7) is 7.65. The number of benzene rings is 1. The molecule has 0 radical (unpaired) electrons. The Morgan fingerprint density at radius 3 is 2.41 bits per heavy atom. The molecule has 2 atom stereocenters. The lowest BCUT2D eigenvalue weighted by atomic mass is 10.0. The van der Waals surface area contributed by atoms with Crippen LogP contribution < -0.4 is 5.32 Å². The highest BCUT2D eigenvalue weighted by Crippen LogP contribution is 2.28. The number of rotatable bonds is 6. The maximum Gasteiger partial charge on any atom is 0.0468 e. The van der Waals surface area contributed by atoms with Crippen molar-refractivity contribution in [2.24, 2.45) is 5.92 Å². The van der Waals surface area contributed by atoms with Gasteiger partial charge in [0.1, 0.15) is 0 Å². The maximum absolute atomic E-state index is 6.23. The molecule has 1 N–H and O–H groups in total. The normalized spacial score (nSPS) is 14.6. The first-order valence-corrected chi connectivity index (χ1v) is 7.02. The Bertz CT molecular complexity index is 352. The fraction of sp³-hybridized carbons (Fsp3) is 0.571. The minimum absolute atomic E-state index is 0.314. The molecule has 3 heteroatoms. The van der Waals surface area contributed by atoms with Crippen molar-refractivity contribution in [1.29, 1.82) is 0 Å². The van der Waals surface area contributed by atoms with Gasteiger partial charge in [-0.1, -0.05) is 56.5 Å². The van der Waals surface area contributed by atoms with Gasteiger partial charge in [0.05, 0.1) is 0 Å². The molecule has 0 aliphatic rings. The minimum atomic E-state index is 0.314. The third-order valence-electron chi connectivity index (χ3n) is 3.16. The molecule has 0 amide bonds. The van der Waals surface area contributed by atoms with E-state index in [1.807, 2.05) is 18.2 Å². The molecule has 96 valence electrons. The monoisotopic (exact) mass is 273 g/mol. The zero-order chi connectivity index (χ0) is 12.8. The lowest BCUT2D eigenvalue weighted by molar-refractivity contribution is 0.438. The molecule has 1 aromatic carbocycles. The molecular weight excluding hydrogens is 253 g/mol. The van der Waals surface area contributed by atoms with Gasteiger partial charge >= 0.3 is 0 Å². The van der Waals surface area contributed by atoms with Gasteiger partial charge in [0.25, 0.3) is 0 Å². The van der Waals surface area contributed by atoms with Crippen LogP contribution in [-0.2, 0) is 0 Å². The van der Waals surface area contributed by atoms with Gasteiger partial charge in [0, 0.05) is 16.1 Å². The van der Waals surface area contributed by atoms with Crippen LogP contribution in [0.15, 0.2) is 18.2 Å². The smallest absolute Gasteiger partial charge is 0.0468 e. The second-order valence-corrected chi connectivity index (χ2v) is 5.39. The molecular formula is C14H21Cl2N. The van der Waals surface area contributed by atoms with Gasteiger partial charge < -0.3 is 5.32 Å². The lowest BCUT2D eigenvalue weighted by Gasteiger charge is -2.21. The highest BCUT2D eigenvalue weighted by molar-refractivity contribution is 6.35. The third kappa shape index (κ3) is 4.50. The van der Waals surface area contributed by atoms with Crippen LogP contribution in [0.3, 0.4) is 0 Å². The number of halogens is 2. The Morgan fingerprint density at radius 1 is 1.18 bits per heavy atom. The molecule has 0 fully saturated rings. The van der Waals surface area contributed by atoms with Crippen molar-refractivity contribution in [3.63, 3.8) is 0 Å². The maximum atomic E-state index is 6.23. The van der Waals surface area contributed by atoms with E-state index in [0.29, 0.717) is 17.0 Å². The topological polar surface area (TPSA) is 12.0 Å². The van der Waals surface area contributed by atoms with Gasteiger partial charge in [0.2, 0.25) is 0 Å². The zero-order valence-electron chi connectivity index (χ0n) is 10.8. The first-order valence-electron chi connectivity index (χ1n) is 6.26. The molecule has 0 bridgehead atoms. The van der Waals surface area contributed by atoms with Crippen molar-refractivity contribution < 1.29 is 0 Å². The van der Waals surface area contributed by atoms with E-state index < -0.39 is 0 Å². The van der Waals surface area contributed by atoms with Crippen LogP contribution in [0.4, 0.5) is 0 Å². The first kappa shape index (κ1) is 14.8. The summed E-state index contributed by atoms with van der Waals surface area (Å²) in [6.07, 6.45) is 2.22. The summed E-state index contributed by atoms with van der Waals surface area (Å²) in [6, 6.07) is 6.04. The summed E-state index contributed by atoms with van der Waals surface area (Å²) in [5.74, 6) is 0.690. The van der Waals surface area contributed by atoms with E-state index >= 15 is 0 Å². The Kier molecular flexibility index (Phi) is 6.32. The van der Waals surface area contributed by atoms with Crippen LogP contribution in [0.25, 0.3) is 0 Å². The van der Waals surface area contributed by atoms with Gasteiger partial charge in [-0.15, -0.1) is 0 Å². The predicted octanol–water partition coefficient (Wildman–Crippen LogP) is 5.08. The molecule has 0 aromatic heterocycles. The lowest BCUT2D eigenvalue weighted by Crippen LogP contribution is -2.26. The summed E-state index contributed by atoms with van der Waals surface area (Å²) in [4.78, 5) is 0. The summed E-state index contributed by atoms with van der Waals surface area (Å²) in [5, 5.41) is 5.01. The first-order chi connectivity index (χ1) is 8.08.